The zero-order valence-electron chi connectivity index (χ0n) is 15.0. The molecule has 29 heavy (non-hydrogen) atoms. The molecule has 3 aromatic rings. The number of nitro groups is 1. The van der Waals surface area contributed by atoms with Crippen molar-refractivity contribution in [3.8, 4) is 5.75 Å². The highest BCUT2D eigenvalue weighted by atomic mass is 35.5. The van der Waals surface area contributed by atoms with Crippen molar-refractivity contribution in [1.29, 1.82) is 0 Å². The highest BCUT2D eigenvalue weighted by Gasteiger charge is 2.06. The Morgan fingerprint density at radius 3 is 2.55 bits per heavy atom. The maximum Gasteiger partial charge on any atom is 0.331 e. The first-order valence-electron chi connectivity index (χ1n) is 8.40. The van der Waals surface area contributed by atoms with Crippen molar-refractivity contribution >= 4 is 40.7 Å². The van der Waals surface area contributed by atoms with Gasteiger partial charge in [0, 0.05) is 28.6 Å². The zero-order valence-corrected chi connectivity index (χ0v) is 16.6. The van der Waals surface area contributed by atoms with Crippen LogP contribution in [-0.2, 0) is 22.7 Å². The molecule has 3 rings (SSSR count). The third-order valence-electron chi connectivity index (χ3n) is 3.65. The molecule has 7 nitrogen and oxygen atoms in total. The molecule has 0 saturated heterocycles. The highest BCUT2D eigenvalue weighted by molar-refractivity contribution is 7.09. The largest absolute Gasteiger partial charge is 0.486 e. The van der Waals surface area contributed by atoms with E-state index in [4.69, 9.17) is 21.1 Å². The summed E-state index contributed by atoms with van der Waals surface area (Å²) in [6, 6.07) is 12.9. The second kappa shape index (κ2) is 9.81. The molecule has 0 unspecified atom stereocenters. The molecule has 9 heteroatoms. The van der Waals surface area contributed by atoms with Crippen LogP contribution in [0.25, 0.3) is 6.08 Å². The third-order valence-corrected chi connectivity index (χ3v) is 4.78. The lowest BCUT2D eigenvalue weighted by Gasteiger charge is -2.03. The van der Waals surface area contributed by atoms with Crippen LogP contribution in [0.15, 0.2) is 60.0 Å². The number of thiazole rings is 1. The Balaban J connectivity index is 1.45. The summed E-state index contributed by atoms with van der Waals surface area (Å²) in [7, 11) is 0. The van der Waals surface area contributed by atoms with Crippen molar-refractivity contribution in [1.82, 2.24) is 4.98 Å². The molecule has 1 heterocycles. The number of benzene rings is 2. The molecule has 0 aliphatic heterocycles. The van der Waals surface area contributed by atoms with Gasteiger partial charge >= 0.3 is 5.97 Å². The van der Waals surface area contributed by atoms with Crippen LogP contribution in [0.2, 0.25) is 5.02 Å². The molecular formula is C20H15ClN2O5S. The van der Waals surface area contributed by atoms with Crippen LogP contribution in [0.3, 0.4) is 0 Å². The lowest BCUT2D eigenvalue weighted by atomic mass is 10.2. The number of carbonyl (C=O) groups is 1. The van der Waals surface area contributed by atoms with Gasteiger partial charge in [-0.25, -0.2) is 9.78 Å². The summed E-state index contributed by atoms with van der Waals surface area (Å²) in [6.45, 7) is 0.348. The minimum Gasteiger partial charge on any atom is -0.486 e. The molecular weight excluding hydrogens is 416 g/mol. The Bertz CT molecular complexity index is 1020. The number of hydrogen-bond acceptors (Lipinski definition) is 7. The van der Waals surface area contributed by atoms with Crippen molar-refractivity contribution in [2.24, 2.45) is 0 Å². The van der Waals surface area contributed by atoms with Gasteiger partial charge in [0.2, 0.25) is 0 Å². The van der Waals surface area contributed by atoms with Gasteiger partial charge in [-0.15, -0.1) is 11.3 Å². The number of carbonyl (C=O) groups excluding carboxylic acids is 1. The van der Waals surface area contributed by atoms with Gasteiger partial charge in [0.05, 0.1) is 10.6 Å². The van der Waals surface area contributed by atoms with Gasteiger partial charge in [-0.2, -0.15) is 0 Å². The molecule has 0 saturated carbocycles. The number of halogens is 1. The number of nitrogens with zero attached hydrogens (tertiary/aromatic N) is 2. The summed E-state index contributed by atoms with van der Waals surface area (Å²) in [4.78, 5) is 26.3. The summed E-state index contributed by atoms with van der Waals surface area (Å²) in [6.07, 6.45) is 2.79. The zero-order chi connectivity index (χ0) is 20.6. The number of nitro benzene ring substituents is 1. The Labute approximate surface area is 175 Å². The van der Waals surface area contributed by atoms with E-state index in [-0.39, 0.29) is 12.3 Å². The fourth-order valence-electron chi connectivity index (χ4n) is 2.22. The van der Waals surface area contributed by atoms with E-state index in [2.05, 4.69) is 4.98 Å². The molecule has 148 valence electrons. The minimum atomic E-state index is -0.532. The molecule has 2 aromatic carbocycles. The predicted molar refractivity (Wildman–Crippen MR) is 110 cm³/mol. The van der Waals surface area contributed by atoms with Crippen molar-refractivity contribution < 1.29 is 19.2 Å². The Morgan fingerprint density at radius 1 is 1.14 bits per heavy atom. The Morgan fingerprint density at radius 2 is 1.86 bits per heavy atom. The topological polar surface area (TPSA) is 91.6 Å². The summed E-state index contributed by atoms with van der Waals surface area (Å²) >= 11 is 7.24. The fourth-order valence-corrected chi connectivity index (χ4v) is 3.04. The number of non-ortho nitro benzene ring substituents is 1. The van der Waals surface area contributed by atoms with Gasteiger partial charge < -0.3 is 9.47 Å². The molecule has 0 radical (unpaired) electrons. The predicted octanol–water partition coefficient (Wildman–Crippen LogP) is 5.04. The molecule has 0 aliphatic rings. The van der Waals surface area contributed by atoms with Crippen LogP contribution in [0, 0.1) is 10.1 Å². The van der Waals surface area contributed by atoms with Crippen LogP contribution in [0.4, 0.5) is 5.69 Å². The maximum absolute atomic E-state index is 11.8. The van der Waals surface area contributed by atoms with Crippen molar-refractivity contribution in [2.75, 3.05) is 0 Å². The number of hydrogen-bond donors (Lipinski definition) is 0. The monoisotopic (exact) mass is 430 g/mol. The molecule has 0 spiro atoms. The van der Waals surface area contributed by atoms with E-state index >= 15 is 0 Å². The van der Waals surface area contributed by atoms with Crippen molar-refractivity contribution in [2.45, 2.75) is 13.2 Å². The van der Waals surface area contributed by atoms with Gasteiger partial charge in [0.1, 0.15) is 24.0 Å². The van der Waals surface area contributed by atoms with E-state index in [0.717, 1.165) is 5.01 Å². The van der Waals surface area contributed by atoms with Gasteiger partial charge in [-0.3, -0.25) is 10.1 Å². The van der Waals surface area contributed by atoms with Crippen LogP contribution >= 0.6 is 22.9 Å². The smallest absolute Gasteiger partial charge is 0.331 e. The van der Waals surface area contributed by atoms with Crippen LogP contribution in [0.5, 0.6) is 5.75 Å². The van der Waals surface area contributed by atoms with Crippen molar-refractivity contribution in [3.63, 3.8) is 0 Å². The average molecular weight is 431 g/mol. The SMILES string of the molecule is O=C(/C=C/c1ccc([N+](=O)[O-])cc1)OCc1csc(COc2ccc(Cl)cc2)n1. The molecule has 0 atom stereocenters. The standard InChI is InChI=1S/C20H15ClN2O5S/c21-15-4-8-18(9-5-15)27-12-19-22-16(13-29-19)11-28-20(24)10-3-14-1-6-17(7-2-14)23(25)26/h1-10,13H,11-12H2/b10-3+. The number of aromatic nitrogens is 1. The quantitative estimate of drug-likeness (QED) is 0.215. The normalized spacial score (nSPS) is 10.8. The first-order valence-corrected chi connectivity index (χ1v) is 9.66. The molecule has 0 bridgehead atoms. The summed E-state index contributed by atoms with van der Waals surface area (Å²) in [5, 5.41) is 13.8. The van der Waals surface area contributed by atoms with Gasteiger partial charge in [-0.05, 0) is 48.0 Å². The van der Waals surface area contributed by atoms with E-state index in [1.807, 2.05) is 0 Å². The lowest BCUT2D eigenvalue weighted by molar-refractivity contribution is -0.384. The minimum absolute atomic E-state index is 0.0101. The van der Waals surface area contributed by atoms with E-state index in [0.29, 0.717) is 28.6 Å². The van der Waals surface area contributed by atoms with E-state index in [9.17, 15) is 14.9 Å². The van der Waals surface area contributed by atoms with Crippen LogP contribution in [-0.4, -0.2) is 15.9 Å². The van der Waals surface area contributed by atoms with Gasteiger partial charge in [0.15, 0.2) is 0 Å². The number of rotatable bonds is 8. The lowest BCUT2D eigenvalue weighted by Crippen LogP contribution is -2.01. The second-order valence-corrected chi connectivity index (χ2v) is 7.14. The molecule has 0 N–H and O–H groups in total. The van der Waals surface area contributed by atoms with E-state index in [1.165, 1.54) is 35.6 Å². The Kier molecular flexibility index (Phi) is 6.94. The average Bonchev–Trinajstić information content (AvgIpc) is 3.18. The fraction of sp³-hybridized carbons (Fsp3) is 0.100. The molecule has 1 aromatic heterocycles. The summed E-state index contributed by atoms with van der Waals surface area (Å²) < 4.78 is 10.8. The first-order chi connectivity index (χ1) is 14.0. The van der Waals surface area contributed by atoms with Crippen LogP contribution in [0.1, 0.15) is 16.3 Å². The van der Waals surface area contributed by atoms with Crippen LogP contribution < -0.4 is 4.74 Å². The molecule has 0 fully saturated rings. The number of esters is 1. The van der Waals surface area contributed by atoms with E-state index < -0.39 is 10.9 Å². The first kappa shape index (κ1) is 20.5. The van der Waals surface area contributed by atoms with Gasteiger partial charge in [-0.1, -0.05) is 11.6 Å². The van der Waals surface area contributed by atoms with Gasteiger partial charge in [0.25, 0.3) is 5.69 Å². The summed E-state index contributed by atoms with van der Waals surface area (Å²) in [5.74, 6) is 0.157. The highest BCUT2D eigenvalue weighted by Crippen LogP contribution is 2.18. The molecule has 0 amide bonds. The van der Waals surface area contributed by atoms with E-state index in [1.54, 1.807) is 41.8 Å². The molecule has 0 aliphatic carbocycles. The summed E-state index contributed by atoms with van der Waals surface area (Å²) in [5.41, 5.74) is 1.27. The van der Waals surface area contributed by atoms with Crippen molar-refractivity contribution in [3.05, 3.63) is 91.4 Å². The Hall–Kier alpha value is -3.23. The number of ether oxygens (including phenoxy) is 2. The maximum atomic E-state index is 11.8. The second-order valence-electron chi connectivity index (χ2n) is 5.76. The third kappa shape index (κ3) is 6.41.